The molecule has 0 aliphatic carbocycles. The van der Waals surface area contributed by atoms with Gasteiger partial charge in [-0.15, -0.1) is 0 Å². The second-order valence-corrected chi connectivity index (χ2v) is 6.01. The van der Waals surface area contributed by atoms with Crippen LogP contribution in [-0.2, 0) is 0 Å². The molecule has 0 saturated heterocycles. The largest absolute Gasteiger partial charge is 0.497 e. The molecule has 0 heterocycles. The second kappa shape index (κ2) is 8.28. The first-order valence-corrected chi connectivity index (χ1v) is 7.52. The summed E-state index contributed by atoms with van der Waals surface area (Å²) < 4.78 is 5.23. The average Bonchev–Trinajstić information content (AvgIpc) is 2.43. The van der Waals surface area contributed by atoms with Crippen LogP contribution in [0.15, 0.2) is 24.3 Å². The third-order valence-electron chi connectivity index (χ3n) is 3.71. The molecular weight excluding hydrogens is 248 g/mol. The van der Waals surface area contributed by atoms with E-state index in [-0.39, 0.29) is 0 Å². The molecule has 1 aromatic carbocycles. The standard InChI is InChI=1S/C17H30N2O/c1-7-16(14-8-10-15(20-6)11-9-14)18-17(13(2)3)12-19(4)5/h8-11,13,16-18H,7,12H2,1-6H3. The maximum atomic E-state index is 5.23. The van der Waals surface area contributed by atoms with Gasteiger partial charge in [0.1, 0.15) is 5.75 Å². The summed E-state index contributed by atoms with van der Waals surface area (Å²) in [7, 11) is 5.97. The highest BCUT2D eigenvalue weighted by Crippen LogP contribution is 2.21. The van der Waals surface area contributed by atoms with Crippen LogP contribution in [0.2, 0.25) is 0 Å². The molecule has 0 aliphatic heterocycles. The fraction of sp³-hybridized carbons (Fsp3) is 0.647. The van der Waals surface area contributed by atoms with Crippen molar-refractivity contribution in [3.05, 3.63) is 29.8 Å². The number of nitrogens with zero attached hydrogens (tertiary/aromatic N) is 1. The van der Waals surface area contributed by atoms with Crippen LogP contribution in [0.5, 0.6) is 5.75 Å². The van der Waals surface area contributed by atoms with Crippen LogP contribution in [0.4, 0.5) is 0 Å². The van der Waals surface area contributed by atoms with Gasteiger partial charge in [0.15, 0.2) is 0 Å². The van der Waals surface area contributed by atoms with Gasteiger partial charge in [0.25, 0.3) is 0 Å². The zero-order chi connectivity index (χ0) is 15.1. The molecule has 0 bridgehead atoms. The molecule has 0 fully saturated rings. The normalized spacial score (nSPS) is 14.6. The SMILES string of the molecule is CCC(NC(CN(C)C)C(C)C)c1ccc(OC)cc1. The Balaban J connectivity index is 2.77. The van der Waals surface area contributed by atoms with Crippen LogP contribution in [0.3, 0.4) is 0 Å². The van der Waals surface area contributed by atoms with Crippen molar-refractivity contribution in [2.24, 2.45) is 5.92 Å². The van der Waals surface area contributed by atoms with E-state index in [4.69, 9.17) is 4.74 Å². The third kappa shape index (κ3) is 5.14. The van der Waals surface area contributed by atoms with E-state index in [9.17, 15) is 0 Å². The highest BCUT2D eigenvalue weighted by atomic mass is 16.5. The summed E-state index contributed by atoms with van der Waals surface area (Å²) in [5, 5.41) is 3.81. The summed E-state index contributed by atoms with van der Waals surface area (Å²) in [5.74, 6) is 1.53. The van der Waals surface area contributed by atoms with Gasteiger partial charge in [0.05, 0.1) is 7.11 Å². The van der Waals surface area contributed by atoms with Gasteiger partial charge in [-0.05, 0) is 44.1 Å². The predicted octanol–water partition coefficient (Wildman–Crippen LogP) is 3.32. The monoisotopic (exact) mass is 278 g/mol. The van der Waals surface area contributed by atoms with Crippen molar-refractivity contribution in [3.8, 4) is 5.75 Å². The van der Waals surface area contributed by atoms with Gasteiger partial charge < -0.3 is 15.0 Å². The minimum atomic E-state index is 0.397. The Hall–Kier alpha value is -1.06. The molecule has 3 heteroatoms. The highest BCUT2D eigenvalue weighted by molar-refractivity contribution is 5.29. The topological polar surface area (TPSA) is 24.5 Å². The molecule has 1 aromatic rings. The molecule has 1 rings (SSSR count). The first-order chi connectivity index (χ1) is 9.47. The van der Waals surface area contributed by atoms with Gasteiger partial charge in [-0.1, -0.05) is 32.9 Å². The summed E-state index contributed by atoms with van der Waals surface area (Å²) in [6.45, 7) is 7.85. The molecule has 0 amide bonds. The fourth-order valence-corrected chi connectivity index (χ4v) is 2.39. The molecule has 114 valence electrons. The Kier molecular flexibility index (Phi) is 7.03. The summed E-state index contributed by atoms with van der Waals surface area (Å²) in [6, 6.07) is 9.29. The number of methoxy groups -OCH3 is 1. The molecule has 0 radical (unpaired) electrons. The Morgan fingerprint density at radius 2 is 1.75 bits per heavy atom. The summed E-state index contributed by atoms with van der Waals surface area (Å²) in [5.41, 5.74) is 1.33. The van der Waals surface area contributed by atoms with Gasteiger partial charge in [0.2, 0.25) is 0 Å². The van der Waals surface area contributed by atoms with Gasteiger partial charge in [-0.25, -0.2) is 0 Å². The van der Waals surface area contributed by atoms with Crippen LogP contribution < -0.4 is 10.1 Å². The molecule has 0 aromatic heterocycles. The lowest BCUT2D eigenvalue weighted by molar-refractivity contribution is 0.267. The number of nitrogens with one attached hydrogen (secondary N) is 1. The summed E-state index contributed by atoms with van der Waals surface area (Å²) >= 11 is 0. The molecule has 0 aliphatic rings. The van der Waals surface area contributed by atoms with Gasteiger partial charge >= 0.3 is 0 Å². The Morgan fingerprint density at radius 3 is 2.15 bits per heavy atom. The quantitative estimate of drug-likeness (QED) is 0.789. The van der Waals surface area contributed by atoms with Gasteiger partial charge in [-0.3, -0.25) is 0 Å². The molecule has 3 nitrogen and oxygen atoms in total. The third-order valence-corrected chi connectivity index (χ3v) is 3.71. The summed E-state index contributed by atoms with van der Waals surface area (Å²) in [6.07, 6.45) is 1.09. The number of rotatable bonds is 8. The lowest BCUT2D eigenvalue weighted by Gasteiger charge is -2.30. The lowest BCUT2D eigenvalue weighted by atomic mass is 9.98. The second-order valence-electron chi connectivity index (χ2n) is 6.01. The number of hydrogen-bond acceptors (Lipinski definition) is 3. The first-order valence-electron chi connectivity index (χ1n) is 7.52. The van der Waals surface area contributed by atoms with Crippen molar-refractivity contribution in [3.63, 3.8) is 0 Å². The first kappa shape index (κ1) is 17.0. The molecule has 0 spiro atoms. The Morgan fingerprint density at radius 1 is 1.15 bits per heavy atom. The van der Waals surface area contributed by atoms with Crippen LogP contribution in [0.1, 0.15) is 38.8 Å². The minimum Gasteiger partial charge on any atom is -0.497 e. The number of likely N-dealkylation sites (N-methyl/N-ethyl adjacent to an activating group) is 1. The molecule has 0 saturated carbocycles. The van der Waals surface area contributed by atoms with Crippen molar-refractivity contribution in [2.45, 2.75) is 39.3 Å². The van der Waals surface area contributed by atoms with Crippen LogP contribution >= 0.6 is 0 Å². The average molecular weight is 278 g/mol. The zero-order valence-electron chi connectivity index (χ0n) is 13.8. The van der Waals surface area contributed by atoms with Crippen LogP contribution in [-0.4, -0.2) is 38.7 Å². The number of hydrogen-bond donors (Lipinski definition) is 1. The van der Waals surface area contributed by atoms with Crippen molar-refractivity contribution >= 4 is 0 Å². The van der Waals surface area contributed by atoms with Crippen molar-refractivity contribution in [2.75, 3.05) is 27.7 Å². The Bertz CT molecular complexity index is 373. The van der Waals surface area contributed by atoms with Gasteiger partial charge in [-0.2, -0.15) is 0 Å². The van der Waals surface area contributed by atoms with E-state index in [0.717, 1.165) is 18.7 Å². The van der Waals surface area contributed by atoms with E-state index in [0.29, 0.717) is 18.0 Å². The van der Waals surface area contributed by atoms with E-state index in [1.165, 1.54) is 5.56 Å². The zero-order valence-corrected chi connectivity index (χ0v) is 13.8. The number of benzene rings is 1. The maximum Gasteiger partial charge on any atom is 0.118 e. The van der Waals surface area contributed by atoms with E-state index in [1.807, 2.05) is 12.1 Å². The molecule has 2 atom stereocenters. The minimum absolute atomic E-state index is 0.397. The van der Waals surface area contributed by atoms with Crippen molar-refractivity contribution in [1.29, 1.82) is 0 Å². The van der Waals surface area contributed by atoms with E-state index >= 15 is 0 Å². The maximum absolute atomic E-state index is 5.23. The van der Waals surface area contributed by atoms with E-state index < -0.39 is 0 Å². The smallest absolute Gasteiger partial charge is 0.118 e. The van der Waals surface area contributed by atoms with Crippen LogP contribution in [0.25, 0.3) is 0 Å². The molecule has 20 heavy (non-hydrogen) atoms. The molecular formula is C17H30N2O. The summed E-state index contributed by atoms with van der Waals surface area (Å²) in [4.78, 5) is 2.25. The van der Waals surface area contributed by atoms with Crippen molar-refractivity contribution < 1.29 is 4.74 Å². The highest BCUT2D eigenvalue weighted by Gasteiger charge is 2.19. The Labute approximate surface area is 124 Å². The van der Waals surface area contributed by atoms with E-state index in [1.54, 1.807) is 7.11 Å². The fourth-order valence-electron chi connectivity index (χ4n) is 2.39. The van der Waals surface area contributed by atoms with Gasteiger partial charge in [0, 0.05) is 18.6 Å². The number of ether oxygens (including phenoxy) is 1. The molecule has 2 unspecified atom stereocenters. The lowest BCUT2D eigenvalue weighted by Crippen LogP contribution is -2.43. The van der Waals surface area contributed by atoms with Crippen LogP contribution in [0, 0.1) is 5.92 Å². The molecule has 1 N–H and O–H groups in total. The predicted molar refractivity (Wildman–Crippen MR) is 86.3 cm³/mol. The van der Waals surface area contributed by atoms with Crippen molar-refractivity contribution in [1.82, 2.24) is 10.2 Å². The van der Waals surface area contributed by atoms with E-state index in [2.05, 4.69) is 57.2 Å².